The Labute approximate surface area is 113 Å². The van der Waals surface area contributed by atoms with E-state index in [9.17, 15) is 5.26 Å². The van der Waals surface area contributed by atoms with Gasteiger partial charge in [0.15, 0.2) is 0 Å². The first kappa shape index (κ1) is 12.0. The second kappa shape index (κ2) is 4.89. The van der Waals surface area contributed by atoms with Gasteiger partial charge in [0.1, 0.15) is 11.9 Å². The molecular formula is C16H17N3. The van der Waals surface area contributed by atoms with E-state index in [4.69, 9.17) is 4.98 Å². The summed E-state index contributed by atoms with van der Waals surface area (Å²) in [5.74, 6) is 0.855. The van der Waals surface area contributed by atoms with Gasteiger partial charge in [-0.15, -0.1) is 0 Å². The molecule has 96 valence electrons. The van der Waals surface area contributed by atoms with Crippen molar-refractivity contribution < 1.29 is 0 Å². The molecule has 3 nitrogen and oxygen atoms in total. The van der Waals surface area contributed by atoms with E-state index in [1.165, 1.54) is 19.3 Å². The summed E-state index contributed by atoms with van der Waals surface area (Å²) in [6.45, 7) is 3.22. The highest BCUT2D eigenvalue weighted by Crippen LogP contribution is 2.28. The highest BCUT2D eigenvalue weighted by Gasteiger charge is 2.22. The van der Waals surface area contributed by atoms with Gasteiger partial charge in [-0.05, 0) is 38.3 Å². The Morgan fingerprint density at radius 3 is 2.95 bits per heavy atom. The minimum atomic E-state index is 0.467. The molecule has 1 unspecified atom stereocenters. The normalized spacial score (nSPS) is 19.4. The summed E-state index contributed by atoms with van der Waals surface area (Å²) in [6, 6.07) is 12.7. The highest BCUT2D eigenvalue weighted by molar-refractivity contribution is 5.83. The molecule has 1 aromatic carbocycles. The summed E-state index contributed by atoms with van der Waals surface area (Å²) in [4.78, 5) is 7.01. The number of pyridine rings is 1. The first-order valence-corrected chi connectivity index (χ1v) is 6.86. The molecule has 1 aromatic heterocycles. The van der Waals surface area contributed by atoms with Crippen LogP contribution in [0, 0.1) is 11.3 Å². The van der Waals surface area contributed by atoms with Gasteiger partial charge in [-0.3, -0.25) is 0 Å². The highest BCUT2D eigenvalue weighted by atomic mass is 15.2. The third-order valence-electron chi connectivity index (χ3n) is 3.90. The molecule has 1 saturated heterocycles. The Bertz CT molecular complexity index is 642. The fourth-order valence-corrected chi connectivity index (χ4v) is 2.82. The number of hydrogen-bond acceptors (Lipinski definition) is 3. The van der Waals surface area contributed by atoms with E-state index in [1.807, 2.05) is 30.3 Å². The lowest BCUT2D eigenvalue weighted by Crippen LogP contribution is -2.38. The van der Waals surface area contributed by atoms with Crippen LogP contribution < -0.4 is 4.90 Å². The molecule has 1 aliphatic rings. The third-order valence-corrected chi connectivity index (χ3v) is 3.90. The van der Waals surface area contributed by atoms with Crippen LogP contribution in [0.1, 0.15) is 31.7 Å². The number of rotatable bonds is 1. The number of para-hydroxylation sites is 1. The average molecular weight is 251 g/mol. The number of nitriles is 1. The Balaban J connectivity index is 2.13. The van der Waals surface area contributed by atoms with Crippen molar-refractivity contribution >= 4 is 16.7 Å². The van der Waals surface area contributed by atoms with Crippen LogP contribution in [0.3, 0.4) is 0 Å². The van der Waals surface area contributed by atoms with E-state index in [1.54, 1.807) is 0 Å². The van der Waals surface area contributed by atoms with Crippen molar-refractivity contribution in [1.29, 1.82) is 5.26 Å². The summed E-state index contributed by atoms with van der Waals surface area (Å²) in [7, 11) is 0. The SMILES string of the molecule is CC1CCCCN1c1nc2ccccc2cc1C#N. The van der Waals surface area contributed by atoms with E-state index in [0.29, 0.717) is 11.6 Å². The van der Waals surface area contributed by atoms with E-state index >= 15 is 0 Å². The van der Waals surface area contributed by atoms with Crippen LogP contribution in [0.25, 0.3) is 10.9 Å². The molecule has 0 aliphatic carbocycles. The molecule has 0 bridgehead atoms. The van der Waals surface area contributed by atoms with E-state index in [2.05, 4.69) is 17.9 Å². The smallest absolute Gasteiger partial charge is 0.147 e. The molecule has 3 rings (SSSR count). The molecule has 1 atom stereocenters. The zero-order chi connectivity index (χ0) is 13.2. The van der Waals surface area contributed by atoms with Crippen molar-refractivity contribution in [3.8, 4) is 6.07 Å². The van der Waals surface area contributed by atoms with Crippen LogP contribution in [0.4, 0.5) is 5.82 Å². The number of fused-ring (bicyclic) bond motifs is 1. The Hall–Kier alpha value is -2.08. The number of hydrogen-bond donors (Lipinski definition) is 0. The number of anilines is 1. The first-order valence-electron chi connectivity index (χ1n) is 6.86. The van der Waals surface area contributed by atoms with E-state index < -0.39 is 0 Å². The maximum Gasteiger partial charge on any atom is 0.147 e. The van der Waals surface area contributed by atoms with Gasteiger partial charge in [0.25, 0.3) is 0 Å². The predicted molar refractivity (Wildman–Crippen MR) is 77.1 cm³/mol. The summed E-state index contributed by atoms with van der Waals surface area (Å²) < 4.78 is 0. The van der Waals surface area contributed by atoms with Crippen molar-refractivity contribution in [2.75, 3.05) is 11.4 Å². The van der Waals surface area contributed by atoms with Gasteiger partial charge >= 0.3 is 0 Å². The van der Waals surface area contributed by atoms with E-state index in [0.717, 1.165) is 23.3 Å². The second-order valence-electron chi connectivity index (χ2n) is 5.20. The maximum absolute atomic E-state index is 9.38. The quantitative estimate of drug-likeness (QED) is 0.779. The summed E-state index contributed by atoms with van der Waals surface area (Å²) in [5, 5.41) is 10.4. The first-order chi connectivity index (χ1) is 9.29. The summed E-state index contributed by atoms with van der Waals surface area (Å²) in [5.41, 5.74) is 1.65. The van der Waals surface area contributed by atoms with Crippen molar-refractivity contribution in [3.63, 3.8) is 0 Å². The van der Waals surface area contributed by atoms with Crippen molar-refractivity contribution in [2.24, 2.45) is 0 Å². The van der Waals surface area contributed by atoms with Crippen LogP contribution >= 0.6 is 0 Å². The van der Waals surface area contributed by atoms with Crippen molar-refractivity contribution in [2.45, 2.75) is 32.2 Å². The number of piperidine rings is 1. The third kappa shape index (κ3) is 2.15. The minimum Gasteiger partial charge on any atom is -0.353 e. The monoisotopic (exact) mass is 251 g/mol. The van der Waals surface area contributed by atoms with E-state index in [-0.39, 0.29) is 0 Å². The number of benzene rings is 1. The van der Waals surface area contributed by atoms with Gasteiger partial charge in [-0.2, -0.15) is 5.26 Å². The lowest BCUT2D eigenvalue weighted by molar-refractivity contribution is 0.481. The van der Waals surface area contributed by atoms with Crippen molar-refractivity contribution in [3.05, 3.63) is 35.9 Å². The molecule has 1 fully saturated rings. The fourth-order valence-electron chi connectivity index (χ4n) is 2.82. The molecule has 0 radical (unpaired) electrons. The minimum absolute atomic E-state index is 0.467. The zero-order valence-electron chi connectivity index (χ0n) is 11.1. The van der Waals surface area contributed by atoms with Crippen LogP contribution in [0.15, 0.2) is 30.3 Å². The van der Waals surface area contributed by atoms with Crippen LogP contribution in [0.2, 0.25) is 0 Å². The van der Waals surface area contributed by atoms with Gasteiger partial charge in [0.05, 0.1) is 11.1 Å². The van der Waals surface area contributed by atoms with Gasteiger partial charge in [0.2, 0.25) is 0 Å². The number of aromatic nitrogens is 1. The van der Waals surface area contributed by atoms with Crippen LogP contribution in [-0.2, 0) is 0 Å². The fraction of sp³-hybridized carbons (Fsp3) is 0.375. The molecule has 0 spiro atoms. The average Bonchev–Trinajstić information content (AvgIpc) is 2.46. The Kier molecular flexibility index (Phi) is 3.08. The Morgan fingerprint density at radius 1 is 1.32 bits per heavy atom. The molecule has 2 aromatic rings. The summed E-state index contributed by atoms with van der Waals surface area (Å²) >= 11 is 0. The lowest BCUT2D eigenvalue weighted by Gasteiger charge is -2.35. The predicted octanol–water partition coefficient (Wildman–Crippen LogP) is 3.49. The van der Waals surface area contributed by atoms with Crippen LogP contribution in [-0.4, -0.2) is 17.6 Å². The topological polar surface area (TPSA) is 39.9 Å². The summed E-state index contributed by atoms with van der Waals surface area (Å²) in [6.07, 6.45) is 3.64. The number of nitrogens with zero attached hydrogens (tertiary/aromatic N) is 3. The molecule has 0 amide bonds. The maximum atomic E-state index is 9.38. The van der Waals surface area contributed by atoms with Gasteiger partial charge in [-0.25, -0.2) is 4.98 Å². The van der Waals surface area contributed by atoms with Crippen LogP contribution in [0.5, 0.6) is 0 Å². The standard InChI is InChI=1S/C16H17N3/c1-12-6-4-5-9-19(12)16-14(11-17)10-13-7-2-3-8-15(13)18-16/h2-3,7-8,10,12H,4-6,9H2,1H3. The zero-order valence-corrected chi connectivity index (χ0v) is 11.1. The van der Waals surface area contributed by atoms with Gasteiger partial charge < -0.3 is 4.90 Å². The molecule has 0 N–H and O–H groups in total. The molecule has 3 heteroatoms. The molecule has 0 saturated carbocycles. The van der Waals surface area contributed by atoms with Crippen molar-refractivity contribution in [1.82, 2.24) is 4.98 Å². The molecule has 2 heterocycles. The molecular weight excluding hydrogens is 234 g/mol. The molecule has 19 heavy (non-hydrogen) atoms. The largest absolute Gasteiger partial charge is 0.353 e. The van der Waals surface area contributed by atoms with Gasteiger partial charge in [0, 0.05) is 18.0 Å². The lowest BCUT2D eigenvalue weighted by atomic mass is 10.0. The second-order valence-corrected chi connectivity index (χ2v) is 5.20. The Morgan fingerprint density at radius 2 is 2.16 bits per heavy atom. The van der Waals surface area contributed by atoms with Gasteiger partial charge in [-0.1, -0.05) is 18.2 Å². The molecule has 1 aliphatic heterocycles.